The van der Waals surface area contributed by atoms with Gasteiger partial charge >= 0.3 is 11.9 Å². The molecule has 0 unspecified atom stereocenters. The van der Waals surface area contributed by atoms with Crippen LogP contribution in [-0.4, -0.2) is 35.3 Å². The molecule has 0 saturated carbocycles. The molecule has 1 aromatic heterocycles. The Balaban J connectivity index is 2.72. The van der Waals surface area contributed by atoms with Gasteiger partial charge in [-0.05, 0) is 24.1 Å². The Morgan fingerprint density at radius 3 is 2.62 bits per heavy atom. The van der Waals surface area contributed by atoms with E-state index in [-0.39, 0.29) is 34.1 Å². The summed E-state index contributed by atoms with van der Waals surface area (Å²) in [5, 5.41) is 18.5. The predicted octanol–water partition coefficient (Wildman–Crippen LogP) is 2.45. The third-order valence-corrected chi connectivity index (χ3v) is 3.58. The van der Waals surface area contributed by atoms with Crippen molar-refractivity contribution in [3.8, 4) is 17.5 Å². The van der Waals surface area contributed by atoms with Crippen LogP contribution in [0.2, 0.25) is 0 Å². The fourth-order valence-corrected chi connectivity index (χ4v) is 2.32. The van der Waals surface area contributed by atoms with Crippen molar-refractivity contribution in [2.75, 3.05) is 19.5 Å². The number of hydrogen-bond donors (Lipinski definition) is 2. The van der Waals surface area contributed by atoms with Gasteiger partial charge in [-0.15, -0.1) is 0 Å². The first-order valence-electron chi connectivity index (χ1n) is 7.79. The molecular formula is C18H19N3O5. The number of aromatic nitrogens is 1. The van der Waals surface area contributed by atoms with Crippen molar-refractivity contribution in [3.63, 3.8) is 0 Å². The first-order chi connectivity index (χ1) is 12.3. The number of benzene rings is 1. The Hall–Kier alpha value is -3.47. The molecule has 0 atom stereocenters. The number of aromatic carboxylic acids is 1. The van der Waals surface area contributed by atoms with Gasteiger partial charge in [0.2, 0.25) is 0 Å². The summed E-state index contributed by atoms with van der Waals surface area (Å²) in [4.78, 5) is 23.5. The second-order valence-corrected chi connectivity index (χ2v) is 5.97. The quantitative estimate of drug-likeness (QED) is 0.760. The highest BCUT2D eigenvalue weighted by Crippen LogP contribution is 2.31. The number of esters is 1. The molecule has 0 fully saturated rings. The first-order valence-corrected chi connectivity index (χ1v) is 7.79. The van der Waals surface area contributed by atoms with Gasteiger partial charge in [-0.2, -0.15) is 5.26 Å². The van der Waals surface area contributed by atoms with Crippen LogP contribution < -0.4 is 10.5 Å². The number of ether oxygens (including phenoxy) is 2. The van der Waals surface area contributed by atoms with Crippen LogP contribution in [0.25, 0.3) is 5.69 Å². The van der Waals surface area contributed by atoms with Crippen LogP contribution in [0.1, 0.15) is 40.3 Å². The van der Waals surface area contributed by atoms with E-state index >= 15 is 0 Å². The molecule has 0 aliphatic carbocycles. The normalized spacial score (nSPS) is 10.4. The van der Waals surface area contributed by atoms with Gasteiger partial charge < -0.3 is 24.9 Å². The maximum Gasteiger partial charge on any atom is 0.357 e. The molecule has 8 nitrogen and oxygen atoms in total. The fraction of sp³-hybridized carbons (Fsp3) is 0.278. The first kappa shape index (κ1) is 18.9. The van der Waals surface area contributed by atoms with Gasteiger partial charge in [0.1, 0.15) is 11.8 Å². The lowest BCUT2D eigenvalue weighted by molar-refractivity contribution is 0.0592. The number of nitrogen functional groups attached to an aromatic ring is 1. The standard InChI is InChI=1S/C18H19N3O5/c1-10(2)9-26-14-5-4-11(17(22)23)6-13(14)21-8-12(7-19)15(20)16(21)18(24)25-3/h4-6,8,10H,9,20H2,1-3H3,(H,22,23). The number of methoxy groups -OCH3 is 1. The van der Waals surface area contributed by atoms with E-state index < -0.39 is 11.9 Å². The Bertz CT molecular complexity index is 893. The summed E-state index contributed by atoms with van der Waals surface area (Å²) in [6.07, 6.45) is 1.35. The van der Waals surface area contributed by atoms with Crippen molar-refractivity contribution < 1.29 is 24.2 Å². The third kappa shape index (κ3) is 3.62. The average Bonchev–Trinajstić information content (AvgIpc) is 2.95. The summed E-state index contributed by atoms with van der Waals surface area (Å²) in [6.45, 7) is 4.31. The van der Waals surface area contributed by atoms with E-state index in [2.05, 4.69) is 0 Å². The minimum Gasteiger partial charge on any atom is -0.491 e. The molecule has 0 saturated heterocycles. The number of carboxylic acid groups (broad SMARTS) is 1. The third-order valence-electron chi connectivity index (χ3n) is 3.58. The number of carbonyl (C=O) groups is 2. The van der Waals surface area contributed by atoms with Crippen molar-refractivity contribution in [2.45, 2.75) is 13.8 Å². The van der Waals surface area contributed by atoms with Crippen LogP contribution in [0.15, 0.2) is 24.4 Å². The molecule has 1 aromatic carbocycles. The molecule has 8 heteroatoms. The van der Waals surface area contributed by atoms with Crippen LogP contribution >= 0.6 is 0 Å². The lowest BCUT2D eigenvalue weighted by Crippen LogP contribution is -2.13. The zero-order valence-electron chi connectivity index (χ0n) is 14.6. The van der Waals surface area contributed by atoms with E-state index in [1.807, 2.05) is 19.9 Å². The molecular weight excluding hydrogens is 338 g/mol. The fourth-order valence-electron chi connectivity index (χ4n) is 2.32. The summed E-state index contributed by atoms with van der Waals surface area (Å²) < 4.78 is 11.8. The highest BCUT2D eigenvalue weighted by atomic mass is 16.5. The Morgan fingerprint density at radius 2 is 2.08 bits per heavy atom. The van der Waals surface area contributed by atoms with Crippen LogP contribution in [0.5, 0.6) is 5.75 Å². The Labute approximate surface area is 150 Å². The lowest BCUT2D eigenvalue weighted by atomic mass is 10.1. The number of nitrogens with two attached hydrogens (primary N) is 1. The number of carboxylic acids is 1. The molecule has 0 bridgehead atoms. The minimum absolute atomic E-state index is 0.00140. The van der Waals surface area contributed by atoms with E-state index in [1.165, 1.54) is 36.1 Å². The maximum absolute atomic E-state index is 12.2. The topological polar surface area (TPSA) is 128 Å². The Morgan fingerprint density at radius 1 is 1.38 bits per heavy atom. The van der Waals surface area contributed by atoms with Gasteiger partial charge in [0, 0.05) is 6.20 Å². The number of nitriles is 1. The summed E-state index contributed by atoms with van der Waals surface area (Å²) in [6, 6.07) is 6.16. The number of nitrogens with zero attached hydrogens (tertiary/aromatic N) is 2. The van der Waals surface area contributed by atoms with E-state index in [9.17, 15) is 20.0 Å². The molecule has 3 N–H and O–H groups in total. The van der Waals surface area contributed by atoms with Gasteiger partial charge in [0.15, 0.2) is 5.69 Å². The SMILES string of the molecule is COC(=O)c1c(N)c(C#N)cn1-c1cc(C(=O)O)ccc1OCC(C)C. The van der Waals surface area contributed by atoms with E-state index in [0.717, 1.165) is 0 Å². The van der Waals surface area contributed by atoms with Crippen LogP contribution in [0.3, 0.4) is 0 Å². The molecule has 0 amide bonds. The number of rotatable bonds is 6. The van der Waals surface area contributed by atoms with Gasteiger partial charge in [0.05, 0.1) is 36.2 Å². The van der Waals surface area contributed by atoms with E-state index in [1.54, 1.807) is 0 Å². The maximum atomic E-state index is 12.2. The highest BCUT2D eigenvalue weighted by molar-refractivity contribution is 5.96. The molecule has 0 radical (unpaired) electrons. The van der Waals surface area contributed by atoms with Crippen molar-refractivity contribution in [2.24, 2.45) is 5.92 Å². The van der Waals surface area contributed by atoms with Crippen molar-refractivity contribution in [3.05, 3.63) is 41.2 Å². The second kappa shape index (κ2) is 7.61. The molecule has 0 aliphatic rings. The van der Waals surface area contributed by atoms with Gasteiger partial charge in [-0.1, -0.05) is 13.8 Å². The highest BCUT2D eigenvalue weighted by Gasteiger charge is 2.24. The molecule has 2 rings (SSSR count). The molecule has 26 heavy (non-hydrogen) atoms. The lowest BCUT2D eigenvalue weighted by Gasteiger charge is -2.16. The van der Waals surface area contributed by atoms with Gasteiger partial charge in [-0.3, -0.25) is 0 Å². The summed E-state index contributed by atoms with van der Waals surface area (Å²) in [5.41, 5.74) is 6.13. The molecule has 1 heterocycles. The van der Waals surface area contributed by atoms with Crippen LogP contribution in [0, 0.1) is 17.2 Å². The second-order valence-electron chi connectivity index (χ2n) is 5.97. The van der Waals surface area contributed by atoms with E-state index in [0.29, 0.717) is 12.4 Å². The molecule has 2 aromatic rings. The van der Waals surface area contributed by atoms with Crippen molar-refractivity contribution in [1.82, 2.24) is 4.57 Å². The average molecular weight is 357 g/mol. The van der Waals surface area contributed by atoms with E-state index in [4.69, 9.17) is 15.2 Å². The zero-order chi connectivity index (χ0) is 19.4. The smallest absolute Gasteiger partial charge is 0.357 e. The summed E-state index contributed by atoms with van der Waals surface area (Å²) >= 11 is 0. The van der Waals surface area contributed by atoms with Gasteiger partial charge in [-0.25, -0.2) is 9.59 Å². The van der Waals surface area contributed by atoms with Crippen molar-refractivity contribution >= 4 is 17.6 Å². The summed E-state index contributed by atoms with van der Waals surface area (Å²) in [5.74, 6) is -1.30. The number of carbonyl (C=O) groups excluding carboxylic acids is 1. The van der Waals surface area contributed by atoms with Gasteiger partial charge in [0.25, 0.3) is 0 Å². The monoisotopic (exact) mass is 357 g/mol. The Kier molecular flexibility index (Phi) is 5.52. The molecule has 0 aliphatic heterocycles. The number of anilines is 1. The number of hydrogen-bond acceptors (Lipinski definition) is 6. The zero-order valence-corrected chi connectivity index (χ0v) is 14.6. The largest absolute Gasteiger partial charge is 0.491 e. The molecule has 136 valence electrons. The minimum atomic E-state index is -1.14. The van der Waals surface area contributed by atoms with Crippen LogP contribution in [-0.2, 0) is 4.74 Å². The predicted molar refractivity (Wildman–Crippen MR) is 93.5 cm³/mol. The van der Waals surface area contributed by atoms with Crippen molar-refractivity contribution in [1.29, 1.82) is 5.26 Å². The summed E-state index contributed by atoms with van der Waals surface area (Å²) in [7, 11) is 1.19. The van der Waals surface area contributed by atoms with Crippen LogP contribution in [0.4, 0.5) is 5.69 Å². The molecule has 0 spiro atoms.